The molecule has 0 fully saturated rings. The van der Waals surface area contributed by atoms with Crippen LogP contribution in [0.25, 0.3) is 11.1 Å². The van der Waals surface area contributed by atoms with Gasteiger partial charge in [-0.15, -0.1) is 0 Å². The molecule has 0 heterocycles. The highest BCUT2D eigenvalue weighted by Gasteiger charge is 2.05. The molecule has 94 valence electrons. The van der Waals surface area contributed by atoms with Crippen molar-refractivity contribution in [1.29, 1.82) is 0 Å². The molecular formula is C17H21N. The number of nitrogens with two attached hydrogens (primary N) is 1. The second-order valence-corrected chi connectivity index (χ2v) is 4.85. The lowest BCUT2D eigenvalue weighted by molar-refractivity contribution is 1.03. The fourth-order valence-corrected chi connectivity index (χ4v) is 2.45. The molecule has 2 rings (SSSR count). The third-order valence-electron chi connectivity index (χ3n) is 3.57. The predicted molar refractivity (Wildman–Crippen MR) is 78.6 cm³/mol. The quantitative estimate of drug-likeness (QED) is 0.861. The third-order valence-corrected chi connectivity index (χ3v) is 3.57. The lowest BCUT2D eigenvalue weighted by Crippen LogP contribution is -2.02. The van der Waals surface area contributed by atoms with Gasteiger partial charge in [-0.3, -0.25) is 0 Å². The van der Waals surface area contributed by atoms with Gasteiger partial charge in [-0.1, -0.05) is 43.3 Å². The summed E-state index contributed by atoms with van der Waals surface area (Å²) in [6, 6.07) is 13.2. The van der Waals surface area contributed by atoms with Gasteiger partial charge in [0, 0.05) is 6.54 Å². The summed E-state index contributed by atoms with van der Waals surface area (Å²) < 4.78 is 0. The molecule has 0 saturated heterocycles. The van der Waals surface area contributed by atoms with Crippen molar-refractivity contribution in [3.63, 3.8) is 0 Å². The first kappa shape index (κ1) is 12.8. The van der Waals surface area contributed by atoms with Gasteiger partial charge in [-0.05, 0) is 53.6 Å². The zero-order chi connectivity index (χ0) is 13.1. The molecule has 0 saturated carbocycles. The SMILES string of the molecule is CCc1cccc(-c2cc(C)c(CN)c(C)c2)c1. The van der Waals surface area contributed by atoms with Crippen LogP contribution in [0.5, 0.6) is 0 Å². The van der Waals surface area contributed by atoms with Crippen LogP contribution >= 0.6 is 0 Å². The Morgan fingerprint density at radius 2 is 1.61 bits per heavy atom. The van der Waals surface area contributed by atoms with Crippen LogP contribution in [0.15, 0.2) is 36.4 Å². The first-order valence-corrected chi connectivity index (χ1v) is 6.55. The van der Waals surface area contributed by atoms with E-state index in [0.29, 0.717) is 6.54 Å². The van der Waals surface area contributed by atoms with Gasteiger partial charge in [0.15, 0.2) is 0 Å². The Bertz CT molecular complexity index is 532. The van der Waals surface area contributed by atoms with E-state index in [2.05, 4.69) is 57.2 Å². The highest BCUT2D eigenvalue weighted by molar-refractivity contribution is 5.67. The Balaban J connectivity index is 2.51. The van der Waals surface area contributed by atoms with Gasteiger partial charge >= 0.3 is 0 Å². The summed E-state index contributed by atoms with van der Waals surface area (Å²) in [6.45, 7) is 7.09. The summed E-state index contributed by atoms with van der Waals surface area (Å²) in [5.41, 5.74) is 13.6. The van der Waals surface area contributed by atoms with E-state index in [4.69, 9.17) is 5.73 Å². The molecule has 2 aromatic carbocycles. The molecule has 0 atom stereocenters. The Kier molecular flexibility index (Phi) is 3.83. The van der Waals surface area contributed by atoms with E-state index in [1.54, 1.807) is 0 Å². The maximum absolute atomic E-state index is 5.79. The second kappa shape index (κ2) is 5.36. The van der Waals surface area contributed by atoms with Crippen molar-refractivity contribution in [3.8, 4) is 11.1 Å². The van der Waals surface area contributed by atoms with Crippen LogP contribution in [0.3, 0.4) is 0 Å². The lowest BCUT2D eigenvalue weighted by Gasteiger charge is -2.12. The number of hydrogen-bond acceptors (Lipinski definition) is 1. The number of rotatable bonds is 3. The predicted octanol–water partition coefficient (Wildman–Crippen LogP) is 3.99. The molecule has 2 aromatic rings. The minimum atomic E-state index is 0.618. The van der Waals surface area contributed by atoms with Crippen LogP contribution in [0.1, 0.15) is 29.2 Å². The molecule has 0 aliphatic carbocycles. The summed E-state index contributed by atoms with van der Waals surface area (Å²) in [7, 11) is 0. The zero-order valence-corrected chi connectivity index (χ0v) is 11.5. The average molecular weight is 239 g/mol. The smallest absolute Gasteiger partial charge is 0.0183 e. The minimum Gasteiger partial charge on any atom is -0.326 e. The van der Waals surface area contributed by atoms with Gasteiger partial charge in [0.25, 0.3) is 0 Å². The van der Waals surface area contributed by atoms with Gasteiger partial charge in [0.2, 0.25) is 0 Å². The summed E-state index contributed by atoms with van der Waals surface area (Å²) in [5, 5.41) is 0. The van der Waals surface area contributed by atoms with Gasteiger partial charge in [0.1, 0.15) is 0 Å². The molecule has 0 aromatic heterocycles. The number of benzene rings is 2. The number of aryl methyl sites for hydroxylation is 3. The highest BCUT2D eigenvalue weighted by Crippen LogP contribution is 2.26. The van der Waals surface area contributed by atoms with Crippen LogP contribution < -0.4 is 5.73 Å². The Labute approximate surface area is 110 Å². The van der Waals surface area contributed by atoms with Crippen LogP contribution in [0.4, 0.5) is 0 Å². The zero-order valence-electron chi connectivity index (χ0n) is 11.5. The molecule has 0 spiro atoms. The van der Waals surface area contributed by atoms with E-state index in [0.717, 1.165) is 6.42 Å². The molecule has 0 bridgehead atoms. The second-order valence-electron chi connectivity index (χ2n) is 4.85. The average Bonchev–Trinajstić information content (AvgIpc) is 2.38. The van der Waals surface area contributed by atoms with E-state index in [-0.39, 0.29) is 0 Å². The largest absolute Gasteiger partial charge is 0.326 e. The van der Waals surface area contributed by atoms with Crippen LogP contribution in [-0.2, 0) is 13.0 Å². The molecule has 0 amide bonds. The van der Waals surface area contributed by atoms with Crippen molar-refractivity contribution in [2.45, 2.75) is 33.7 Å². The maximum atomic E-state index is 5.79. The van der Waals surface area contributed by atoms with Crippen molar-refractivity contribution >= 4 is 0 Å². The normalized spacial score (nSPS) is 10.7. The Morgan fingerprint density at radius 3 is 2.17 bits per heavy atom. The van der Waals surface area contributed by atoms with Gasteiger partial charge in [0.05, 0.1) is 0 Å². The minimum absolute atomic E-state index is 0.618. The monoisotopic (exact) mass is 239 g/mol. The topological polar surface area (TPSA) is 26.0 Å². The summed E-state index contributed by atoms with van der Waals surface area (Å²) in [5.74, 6) is 0. The van der Waals surface area contributed by atoms with Gasteiger partial charge < -0.3 is 5.73 Å². The molecule has 0 aliphatic rings. The number of hydrogen-bond donors (Lipinski definition) is 1. The molecule has 2 N–H and O–H groups in total. The first-order valence-electron chi connectivity index (χ1n) is 6.55. The van der Waals surface area contributed by atoms with Gasteiger partial charge in [-0.2, -0.15) is 0 Å². The van der Waals surface area contributed by atoms with Crippen LogP contribution in [0.2, 0.25) is 0 Å². The maximum Gasteiger partial charge on any atom is 0.0183 e. The third kappa shape index (κ3) is 2.46. The lowest BCUT2D eigenvalue weighted by atomic mass is 9.94. The molecular weight excluding hydrogens is 218 g/mol. The van der Waals surface area contributed by atoms with Crippen molar-refractivity contribution in [2.75, 3.05) is 0 Å². The summed E-state index contributed by atoms with van der Waals surface area (Å²) in [4.78, 5) is 0. The van der Waals surface area contributed by atoms with Gasteiger partial charge in [-0.25, -0.2) is 0 Å². The van der Waals surface area contributed by atoms with Crippen LogP contribution in [-0.4, -0.2) is 0 Å². The molecule has 0 aliphatic heterocycles. The van der Waals surface area contributed by atoms with Crippen molar-refractivity contribution < 1.29 is 0 Å². The Morgan fingerprint density at radius 1 is 0.944 bits per heavy atom. The molecule has 0 unspecified atom stereocenters. The molecule has 1 nitrogen and oxygen atoms in total. The molecule has 0 radical (unpaired) electrons. The summed E-state index contributed by atoms with van der Waals surface area (Å²) in [6.07, 6.45) is 1.08. The summed E-state index contributed by atoms with van der Waals surface area (Å²) >= 11 is 0. The Hall–Kier alpha value is -1.60. The molecule has 1 heteroatoms. The fourth-order valence-electron chi connectivity index (χ4n) is 2.45. The van der Waals surface area contributed by atoms with E-state index in [9.17, 15) is 0 Å². The molecule has 18 heavy (non-hydrogen) atoms. The van der Waals surface area contributed by atoms with E-state index in [1.807, 2.05) is 0 Å². The van der Waals surface area contributed by atoms with E-state index in [1.165, 1.54) is 33.4 Å². The standard InChI is InChI=1S/C17H21N/c1-4-14-6-5-7-15(10-14)16-8-12(2)17(11-18)13(3)9-16/h5-10H,4,11,18H2,1-3H3. The van der Waals surface area contributed by atoms with Crippen LogP contribution in [0, 0.1) is 13.8 Å². The van der Waals surface area contributed by atoms with Crippen molar-refractivity contribution in [3.05, 3.63) is 58.7 Å². The van der Waals surface area contributed by atoms with E-state index >= 15 is 0 Å². The van der Waals surface area contributed by atoms with Crippen molar-refractivity contribution in [2.24, 2.45) is 5.73 Å². The highest BCUT2D eigenvalue weighted by atomic mass is 14.5. The fraction of sp³-hybridized carbons (Fsp3) is 0.294. The van der Waals surface area contributed by atoms with E-state index < -0.39 is 0 Å². The first-order chi connectivity index (χ1) is 8.65. The van der Waals surface area contributed by atoms with Crippen molar-refractivity contribution in [1.82, 2.24) is 0 Å².